The van der Waals surface area contributed by atoms with Crippen molar-refractivity contribution in [3.63, 3.8) is 0 Å². The van der Waals surface area contributed by atoms with E-state index in [1.54, 1.807) is 7.11 Å². The summed E-state index contributed by atoms with van der Waals surface area (Å²) < 4.78 is 32.1. The molecule has 0 spiro atoms. The zero-order valence-corrected chi connectivity index (χ0v) is 18.4. The molecular formula is C23H30N2O4S. The van der Waals surface area contributed by atoms with Crippen LogP contribution in [0.5, 0.6) is 5.75 Å². The molecule has 0 saturated carbocycles. The largest absolute Gasteiger partial charge is 0.497 e. The van der Waals surface area contributed by atoms with Gasteiger partial charge < -0.3 is 10.1 Å². The lowest BCUT2D eigenvalue weighted by atomic mass is 9.95. The maximum absolute atomic E-state index is 12.8. The number of methoxy groups -OCH3 is 1. The van der Waals surface area contributed by atoms with Gasteiger partial charge in [0, 0.05) is 19.0 Å². The van der Waals surface area contributed by atoms with Crippen LogP contribution in [-0.2, 0) is 20.6 Å². The molecular weight excluding hydrogens is 400 g/mol. The van der Waals surface area contributed by atoms with E-state index in [0.717, 1.165) is 23.3 Å². The molecule has 6 nitrogen and oxygen atoms in total. The molecule has 1 amide bonds. The normalized spacial score (nSPS) is 16.7. The lowest BCUT2D eigenvalue weighted by Crippen LogP contribution is -2.44. The Bertz CT molecular complexity index is 921. The number of rotatable bonds is 8. The van der Waals surface area contributed by atoms with Gasteiger partial charge in [-0.1, -0.05) is 49.4 Å². The monoisotopic (exact) mass is 430 g/mol. The molecule has 7 heteroatoms. The maximum Gasteiger partial charge on any atom is 0.223 e. The molecule has 0 aromatic heterocycles. The highest BCUT2D eigenvalue weighted by atomic mass is 32.2. The molecule has 1 aliphatic rings. The molecule has 0 unspecified atom stereocenters. The molecule has 30 heavy (non-hydrogen) atoms. The van der Waals surface area contributed by atoms with E-state index in [-0.39, 0.29) is 23.6 Å². The average Bonchev–Trinajstić information content (AvgIpc) is 2.78. The Morgan fingerprint density at radius 1 is 1.10 bits per heavy atom. The van der Waals surface area contributed by atoms with Gasteiger partial charge in [-0.3, -0.25) is 4.79 Å². The highest BCUT2D eigenvalue weighted by Gasteiger charge is 2.31. The Morgan fingerprint density at radius 3 is 2.30 bits per heavy atom. The van der Waals surface area contributed by atoms with Crippen molar-refractivity contribution in [1.29, 1.82) is 0 Å². The van der Waals surface area contributed by atoms with Crippen LogP contribution in [0.2, 0.25) is 0 Å². The van der Waals surface area contributed by atoms with Gasteiger partial charge in [0.15, 0.2) is 0 Å². The van der Waals surface area contributed by atoms with E-state index in [9.17, 15) is 13.2 Å². The topological polar surface area (TPSA) is 75.7 Å². The summed E-state index contributed by atoms with van der Waals surface area (Å²) in [4.78, 5) is 12.8. The Morgan fingerprint density at radius 2 is 1.73 bits per heavy atom. The summed E-state index contributed by atoms with van der Waals surface area (Å²) in [6.07, 6.45) is 1.86. The number of amides is 1. The van der Waals surface area contributed by atoms with Crippen molar-refractivity contribution in [2.24, 2.45) is 5.92 Å². The van der Waals surface area contributed by atoms with E-state index in [0.29, 0.717) is 25.9 Å². The van der Waals surface area contributed by atoms with Crippen LogP contribution >= 0.6 is 0 Å². The van der Waals surface area contributed by atoms with Gasteiger partial charge in [0.25, 0.3) is 0 Å². The van der Waals surface area contributed by atoms with Crippen LogP contribution in [-0.4, -0.2) is 38.8 Å². The summed E-state index contributed by atoms with van der Waals surface area (Å²) in [5.41, 5.74) is 1.82. The number of nitrogens with one attached hydrogen (secondary N) is 1. The number of carbonyl (C=O) groups is 1. The Labute approximate surface area is 179 Å². The summed E-state index contributed by atoms with van der Waals surface area (Å²) in [7, 11) is -1.75. The average molecular weight is 431 g/mol. The van der Waals surface area contributed by atoms with Crippen molar-refractivity contribution in [2.45, 2.75) is 38.0 Å². The molecule has 2 aromatic carbocycles. The molecule has 1 aliphatic heterocycles. The maximum atomic E-state index is 12.8. The Kier molecular flexibility index (Phi) is 7.50. The van der Waals surface area contributed by atoms with Crippen molar-refractivity contribution in [1.82, 2.24) is 9.62 Å². The van der Waals surface area contributed by atoms with Gasteiger partial charge in [-0.05, 0) is 42.5 Å². The minimum Gasteiger partial charge on any atom is -0.497 e. The first-order valence-corrected chi connectivity index (χ1v) is 12.0. The van der Waals surface area contributed by atoms with Gasteiger partial charge in [0.05, 0.1) is 18.9 Å². The Hall–Kier alpha value is -2.38. The van der Waals surface area contributed by atoms with Crippen LogP contribution in [0.25, 0.3) is 0 Å². The lowest BCUT2D eigenvalue weighted by molar-refractivity contribution is -0.126. The standard InChI is InChI=1S/C23H30N2O4S/c1-3-22(19-9-11-21(29-2)12-10-19)24-23(26)20-13-15-25(16-14-20)30(27,28)17-18-7-5-4-6-8-18/h4-12,20,22H,3,13-17H2,1-2H3,(H,24,26)/t22-/m1/s1. The summed E-state index contributed by atoms with van der Waals surface area (Å²) in [5, 5.41) is 3.14. The molecule has 1 saturated heterocycles. The lowest BCUT2D eigenvalue weighted by Gasteiger charge is -2.31. The number of sulfonamides is 1. The minimum absolute atomic E-state index is 0.0000809. The van der Waals surface area contributed by atoms with Crippen LogP contribution in [0.3, 0.4) is 0 Å². The number of ether oxygens (including phenoxy) is 1. The van der Waals surface area contributed by atoms with Crippen LogP contribution in [0.4, 0.5) is 0 Å². The zero-order chi connectivity index (χ0) is 21.6. The second-order valence-electron chi connectivity index (χ2n) is 7.66. The van der Waals surface area contributed by atoms with Crippen molar-refractivity contribution in [3.05, 3.63) is 65.7 Å². The van der Waals surface area contributed by atoms with Crippen LogP contribution in [0.15, 0.2) is 54.6 Å². The third-order valence-corrected chi connectivity index (χ3v) is 7.50. The number of hydrogen-bond donors (Lipinski definition) is 1. The fraction of sp³-hybridized carbons (Fsp3) is 0.435. The second-order valence-corrected chi connectivity index (χ2v) is 9.63. The summed E-state index contributed by atoms with van der Waals surface area (Å²) in [6, 6.07) is 16.8. The van der Waals surface area contributed by atoms with E-state index < -0.39 is 10.0 Å². The predicted molar refractivity (Wildman–Crippen MR) is 118 cm³/mol. The molecule has 162 valence electrons. The van der Waals surface area contributed by atoms with Crippen molar-refractivity contribution in [2.75, 3.05) is 20.2 Å². The molecule has 1 atom stereocenters. The fourth-order valence-electron chi connectivity index (χ4n) is 3.82. The molecule has 0 radical (unpaired) electrons. The third kappa shape index (κ3) is 5.61. The van der Waals surface area contributed by atoms with E-state index in [4.69, 9.17) is 4.74 Å². The number of piperidine rings is 1. The van der Waals surface area contributed by atoms with Crippen LogP contribution < -0.4 is 10.1 Å². The van der Waals surface area contributed by atoms with Gasteiger partial charge in [-0.15, -0.1) is 0 Å². The van der Waals surface area contributed by atoms with Crippen molar-refractivity contribution in [3.8, 4) is 5.75 Å². The molecule has 0 aliphatic carbocycles. The smallest absolute Gasteiger partial charge is 0.223 e. The van der Waals surface area contributed by atoms with E-state index in [2.05, 4.69) is 5.32 Å². The van der Waals surface area contributed by atoms with Gasteiger partial charge in [0.2, 0.25) is 15.9 Å². The van der Waals surface area contributed by atoms with E-state index in [1.165, 1.54) is 4.31 Å². The molecule has 1 fully saturated rings. The van der Waals surface area contributed by atoms with Gasteiger partial charge >= 0.3 is 0 Å². The first-order valence-electron chi connectivity index (χ1n) is 10.4. The molecule has 2 aromatic rings. The summed E-state index contributed by atoms with van der Waals surface area (Å²) in [5.74, 6) is 0.613. The number of nitrogens with zero attached hydrogens (tertiary/aromatic N) is 1. The molecule has 1 heterocycles. The number of hydrogen-bond acceptors (Lipinski definition) is 4. The van der Waals surface area contributed by atoms with Crippen molar-refractivity contribution < 1.29 is 17.9 Å². The Balaban J connectivity index is 1.55. The van der Waals surface area contributed by atoms with Crippen molar-refractivity contribution >= 4 is 15.9 Å². The van der Waals surface area contributed by atoms with E-state index >= 15 is 0 Å². The first-order chi connectivity index (χ1) is 14.4. The summed E-state index contributed by atoms with van der Waals surface area (Å²) >= 11 is 0. The number of benzene rings is 2. The highest BCUT2D eigenvalue weighted by molar-refractivity contribution is 7.88. The predicted octanol–water partition coefficient (Wildman–Crippen LogP) is 3.50. The summed E-state index contributed by atoms with van der Waals surface area (Å²) in [6.45, 7) is 2.80. The fourth-order valence-corrected chi connectivity index (χ4v) is 5.38. The zero-order valence-electron chi connectivity index (χ0n) is 17.6. The molecule has 0 bridgehead atoms. The van der Waals surface area contributed by atoms with Crippen LogP contribution in [0, 0.1) is 5.92 Å². The van der Waals surface area contributed by atoms with Gasteiger partial charge in [0.1, 0.15) is 5.75 Å². The highest BCUT2D eigenvalue weighted by Crippen LogP contribution is 2.25. The van der Waals surface area contributed by atoms with Gasteiger partial charge in [-0.25, -0.2) is 12.7 Å². The molecule has 1 N–H and O–H groups in total. The number of carbonyl (C=O) groups excluding carboxylic acids is 1. The first kappa shape index (κ1) is 22.3. The minimum atomic E-state index is -3.37. The quantitative estimate of drug-likeness (QED) is 0.695. The SMILES string of the molecule is CC[C@@H](NC(=O)C1CCN(S(=O)(=O)Cc2ccccc2)CC1)c1ccc(OC)cc1. The van der Waals surface area contributed by atoms with Gasteiger partial charge in [-0.2, -0.15) is 0 Å². The third-order valence-electron chi connectivity index (χ3n) is 5.65. The van der Waals surface area contributed by atoms with Crippen LogP contribution in [0.1, 0.15) is 43.4 Å². The van der Waals surface area contributed by atoms with E-state index in [1.807, 2.05) is 61.5 Å². The molecule has 3 rings (SSSR count). The second kappa shape index (κ2) is 10.1.